The topological polar surface area (TPSA) is 164 Å². The number of nitrogens with one attached hydrogen (secondary N) is 1. The van der Waals surface area contributed by atoms with Crippen molar-refractivity contribution >= 4 is 5.97 Å². The van der Waals surface area contributed by atoms with Gasteiger partial charge in [-0.15, -0.1) is 5.10 Å². The number of aromatic amines is 1. The number of nitrogens with two attached hydrogens (primary N) is 1. The molecule has 0 bridgehead atoms. The Labute approximate surface area is 114 Å². The Balaban J connectivity index is 0.000000333. The van der Waals surface area contributed by atoms with Gasteiger partial charge in [0.25, 0.3) is 0 Å². The average Bonchev–Trinajstić information content (AvgIpc) is 2.98. The molecular formula is C10H18N4O6. The molecule has 6 N–H and O–H groups in total. The van der Waals surface area contributed by atoms with Gasteiger partial charge in [-0.2, -0.15) is 0 Å². The van der Waals surface area contributed by atoms with E-state index in [1.807, 2.05) is 0 Å². The predicted molar refractivity (Wildman–Crippen MR) is 63.9 cm³/mol. The average molecular weight is 290 g/mol. The van der Waals surface area contributed by atoms with E-state index >= 15 is 0 Å². The molecule has 1 aliphatic rings. The number of hydrogen-bond donors (Lipinski definition) is 5. The number of aliphatic hydroxyl groups is 3. The Kier molecular flexibility index (Phi) is 6.48. The van der Waals surface area contributed by atoms with Crippen molar-refractivity contribution in [2.45, 2.75) is 37.6 Å². The van der Waals surface area contributed by atoms with Gasteiger partial charge in [0, 0.05) is 13.1 Å². The first-order chi connectivity index (χ1) is 9.47. The van der Waals surface area contributed by atoms with Crippen molar-refractivity contribution in [2.24, 2.45) is 5.73 Å². The molecular weight excluding hydrogens is 272 g/mol. The lowest BCUT2D eigenvalue weighted by atomic mass is 9.98. The Morgan fingerprint density at radius 2 is 2.20 bits per heavy atom. The highest BCUT2D eigenvalue weighted by Crippen LogP contribution is 2.20. The molecule has 20 heavy (non-hydrogen) atoms. The molecule has 1 aliphatic heterocycles. The molecule has 5 atom stereocenters. The van der Waals surface area contributed by atoms with Crippen LogP contribution >= 0.6 is 0 Å². The summed E-state index contributed by atoms with van der Waals surface area (Å²) in [5, 5.41) is 37.0. The Morgan fingerprint density at radius 3 is 2.60 bits per heavy atom. The molecule has 1 fully saturated rings. The lowest BCUT2D eigenvalue weighted by Gasteiger charge is -2.39. The third-order valence-electron chi connectivity index (χ3n) is 2.54. The Morgan fingerprint density at radius 1 is 1.50 bits per heavy atom. The molecule has 0 radical (unpaired) electrons. The van der Waals surface area contributed by atoms with E-state index in [2.05, 4.69) is 20.1 Å². The van der Waals surface area contributed by atoms with E-state index in [0.29, 0.717) is 0 Å². The molecule has 10 heteroatoms. The van der Waals surface area contributed by atoms with E-state index in [4.69, 9.17) is 15.6 Å². The van der Waals surface area contributed by atoms with Gasteiger partial charge in [-0.3, -0.25) is 9.89 Å². The summed E-state index contributed by atoms with van der Waals surface area (Å²) < 4.78 is 9.70. The highest BCUT2D eigenvalue weighted by atomic mass is 16.7. The van der Waals surface area contributed by atoms with Crippen LogP contribution in [0, 0.1) is 0 Å². The minimum Gasteiger partial charge on any atom is -0.434 e. The summed E-state index contributed by atoms with van der Waals surface area (Å²) in [5.74, 6) is -0.615. The fourth-order valence-corrected chi connectivity index (χ4v) is 1.54. The molecule has 114 valence electrons. The molecule has 1 unspecified atom stereocenters. The highest BCUT2D eigenvalue weighted by Gasteiger charge is 2.43. The van der Waals surface area contributed by atoms with Gasteiger partial charge in [-0.1, -0.05) is 5.21 Å². The van der Waals surface area contributed by atoms with E-state index in [-0.39, 0.29) is 0 Å². The van der Waals surface area contributed by atoms with Gasteiger partial charge in [-0.05, 0) is 0 Å². The number of esters is 1. The smallest absolute Gasteiger partial charge is 0.304 e. The molecule has 0 spiro atoms. The number of nitrogens with zero attached hydrogens (tertiary/aromatic N) is 2. The highest BCUT2D eigenvalue weighted by molar-refractivity contribution is 5.66. The number of H-pyrrole nitrogens is 1. The van der Waals surface area contributed by atoms with Gasteiger partial charge in [0.15, 0.2) is 0 Å². The lowest BCUT2D eigenvalue weighted by Crippen LogP contribution is -2.62. The zero-order chi connectivity index (χ0) is 15.1. The summed E-state index contributed by atoms with van der Waals surface area (Å²) in [6.45, 7) is 0.671. The van der Waals surface area contributed by atoms with Crippen molar-refractivity contribution in [1.82, 2.24) is 15.4 Å². The summed E-state index contributed by atoms with van der Waals surface area (Å²) >= 11 is 0. The second kappa shape index (κ2) is 7.87. The van der Waals surface area contributed by atoms with Crippen LogP contribution in [0.4, 0.5) is 0 Å². The quantitative estimate of drug-likeness (QED) is 0.360. The van der Waals surface area contributed by atoms with Gasteiger partial charge in [-0.25, -0.2) is 0 Å². The number of aromatic nitrogens is 3. The molecule has 1 aromatic rings. The molecule has 1 aromatic heterocycles. The fourth-order valence-electron chi connectivity index (χ4n) is 1.54. The second-order valence-electron chi connectivity index (χ2n) is 4.05. The van der Waals surface area contributed by atoms with Gasteiger partial charge < -0.3 is 30.5 Å². The zero-order valence-electron chi connectivity index (χ0n) is 10.8. The summed E-state index contributed by atoms with van der Waals surface area (Å²) in [5.41, 5.74) is 5.48. The van der Waals surface area contributed by atoms with Crippen molar-refractivity contribution in [2.75, 3.05) is 6.61 Å². The molecule has 0 aliphatic carbocycles. The minimum atomic E-state index is -1.31. The van der Waals surface area contributed by atoms with Crippen LogP contribution in [0.2, 0.25) is 0 Å². The number of carbonyl (C=O) groups is 1. The largest absolute Gasteiger partial charge is 0.434 e. The zero-order valence-corrected chi connectivity index (χ0v) is 10.8. The normalized spacial score (nSPS) is 33.0. The first-order valence-electron chi connectivity index (χ1n) is 5.83. The third-order valence-corrected chi connectivity index (χ3v) is 2.54. The number of ether oxygens (including phenoxy) is 2. The van der Waals surface area contributed by atoms with Crippen LogP contribution in [0.3, 0.4) is 0 Å². The molecule has 0 aromatic carbocycles. The monoisotopic (exact) mass is 290 g/mol. The van der Waals surface area contributed by atoms with E-state index in [1.165, 1.54) is 6.92 Å². The fraction of sp³-hybridized carbons (Fsp3) is 0.700. The van der Waals surface area contributed by atoms with Crippen LogP contribution in [0.15, 0.2) is 12.4 Å². The first kappa shape index (κ1) is 16.5. The maximum Gasteiger partial charge on any atom is 0.304 e. The number of carbonyl (C=O) groups excluding carboxylic acids is 1. The van der Waals surface area contributed by atoms with Crippen LogP contribution in [0.25, 0.3) is 0 Å². The van der Waals surface area contributed by atoms with E-state index in [0.717, 1.165) is 0 Å². The maximum atomic E-state index is 10.7. The molecule has 0 amide bonds. The molecule has 2 heterocycles. The van der Waals surface area contributed by atoms with Crippen LogP contribution in [0.5, 0.6) is 0 Å². The van der Waals surface area contributed by atoms with E-state index in [1.54, 1.807) is 12.4 Å². The number of rotatable bonds is 2. The SMILES string of the molecule is CC(=O)OC1O[C@H](CO)[C@@H](O)[C@H](O)[C@H]1N.c1c[nH]nn1. The standard InChI is InChI=1S/C8H15NO6.C2H3N3/c1-3(11)14-8-5(9)7(13)6(12)4(2-10)15-8;1-2-4-5-3-1/h4-8,10,12-13H,2,9H2,1H3;1-2H,(H,3,4,5)/t4-,5-,6-,7-,8?;/m1./s1. The van der Waals surface area contributed by atoms with Crippen LogP contribution < -0.4 is 5.73 Å². The molecule has 1 saturated heterocycles. The summed E-state index contributed by atoms with van der Waals surface area (Å²) in [6.07, 6.45) is -1.53. The van der Waals surface area contributed by atoms with Crippen LogP contribution in [0.1, 0.15) is 6.92 Å². The van der Waals surface area contributed by atoms with E-state index in [9.17, 15) is 15.0 Å². The summed E-state index contributed by atoms with van der Waals surface area (Å²) in [7, 11) is 0. The van der Waals surface area contributed by atoms with Crippen molar-refractivity contribution in [1.29, 1.82) is 0 Å². The number of aliphatic hydroxyl groups excluding tert-OH is 3. The van der Waals surface area contributed by atoms with Crippen molar-refractivity contribution in [3.8, 4) is 0 Å². The van der Waals surface area contributed by atoms with Gasteiger partial charge >= 0.3 is 5.97 Å². The van der Waals surface area contributed by atoms with Gasteiger partial charge in [0.05, 0.1) is 18.8 Å². The molecule has 0 saturated carbocycles. The Bertz CT molecular complexity index is 370. The molecule has 2 rings (SSSR count). The van der Waals surface area contributed by atoms with Crippen molar-refractivity contribution < 1.29 is 29.6 Å². The van der Waals surface area contributed by atoms with Gasteiger partial charge in [0.2, 0.25) is 6.29 Å². The summed E-state index contributed by atoms with van der Waals surface area (Å²) in [4.78, 5) is 10.7. The minimum absolute atomic E-state index is 0.497. The lowest BCUT2D eigenvalue weighted by molar-refractivity contribution is -0.258. The van der Waals surface area contributed by atoms with Crippen LogP contribution in [-0.4, -0.2) is 74.0 Å². The predicted octanol–water partition coefficient (Wildman–Crippen LogP) is -2.88. The number of hydrogen-bond acceptors (Lipinski definition) is 9. The summed E-state index contributed by atoms with van der Waals surface area (Å²) in [6, 6.07) is -1.04. The molecule has 10 nitrogen and oxygen atoms in total. The van der Waals surface area contributed by atoms with Gasteiger partial charge in [0.1, 0.15) is 18.3 Å². The van der Waals surface area contributed by atoms with E-state index < -0.39 is 43.2 Å². The third kappa shape index (κ3) is 4.51. The first-order valence-corrected chi connectivity index (χ1v) is 5.83. The maximum absolute atomic E-state index is 10.7. The van der Waals surface area contributed by atoms with Crippen molar-refractivity contribution in [3.05, 3.63) is 12.4 Å². The van der Waals surface area contributed by atoms with Crippen molar-refractivity contribution in [3.63, 3.8) is 0 Å². The Hall–Kier alpha value is -1.59. The van der Waals surface area contributed by atoms with Crippen LogP contribution in [-0.2, 0) is 14.3 Å². The second-order valence-corrected chi connectivity index (χ2v) is 4.05.